The van der Waals surface area contributed by atoms with Gasteiger partial charge in [-0.15, -0.1) is 0 Å². The quantitative estimate of drug-likeness (QED) is 0.597. The second kappa shape index (κ2) is 5.44. The summed E-state index contributed by atoms with van der Waals surface area (Å²) >= 11 is 0. The van der Waals surface area contributed by atoms with Gasteiger partial charge in [-0.05, 0) is 32.6 Å². The molecule has 6 heteroatoms. The van der Waals surface area contributed by atoms with E-state index in [2.05, 4.69) is 4.72 Å². The number of hydrogen-bond acceptors (Lipinski definition) is 4. The van der Waals surface area contributed by atoms with Gasteiger partial charge in [0, 0.05) is 18.7 Å². The number of ether oxygens (including phenoxy) is 1. The van der Waals surface area contributed by atoms with Crippen LogP contribution >= 0.6 is 0 Å². The van der Waals surface area contributed by atoms with Crippen LogP contribution in [0.1, 0.15) is 26.7 Å². The highest BCUT2D eigenvalue weighted by Crippen LogP contribution is 2.39. The minimum atomic E-state index is -3.28. The van der Waals surface area contributed by atoms with Gasteiger partial charge in [0.2, 0.25) is 10.0 Å². The molecule has 1 saturated carbocycles. The molecule has 0 aromatic heterocycles. The van der Waals surface area contributed by atoms with Gasteiger partial charge >= 0.3 is 0 Å². The smallest absolute Gasteiger partial charge is 0.214 e. The Hall–Kier alpha value is -0.170. The Morgan fingerprint density at radius 1 is 1.50 bits per heavy atom. The van der Waals surface area contributed by atoms with Crippen LogP contribution in [0.2, 0.25) is 0 Å². The molecule has 1 rings (SSSR count). The Morgan fingerprint density at radius 3 is 2.56 bits per heavy atom. The van der Waals surface area contributed by atoms with Gasteiger partial charge in [-0.25, -0.2) is 13.1 Å². The Morgan fingerprint density at radius 2 is 2.12 bits per heavy atom. The zero-order valence-electron chi connectivity index (χ0n) is 10.0. The van der Waals surface area contributed by atoms with Gasteiger partial charge in [0.05, 0.1) is 12.4 Å². The Balaban J connectivity index is 2.49. The molecule has 0 bridgehead atoms. The summed E-state index contributed by atoms with van der Waals surface area (Å²) in [6.07, 6.45) is 2.11. The third-order valence-electron chi connectivity index (χ3n) is 2.99. The molecule has 16 heavy (non-hydrogen) atoms. The van der Waals surface area contributed by atoms with Crippen molar-refractivity contribution < 1.29 is 13.2 Å². The fraction of sp³-hybridized carbons (Fsp3) is 1.00. The lowest BCUT2D eigenvalue weighted by Gasteiger charge is -2.29. The van der Waals surface area contributed by atoms with Crippen LogP contribution in [0.5, 0.6) is 0 Å². The van der Waals surface area contributed by atoms with Crippen molar-refractivity contribution in [1.82, 2.24) is 4.72 Å². The molecule has 0 spiro atoms. The Kier molecular flexibility index (Phi) is 4.73. The van der Waals surface area contributed by atoms with Crippen LogP contribution in [-0.2, 0) is 14.8 Å². The largest absolute Gasteiger partial charge is 0.381 e. The lowest BCUT2D eigenvalue weighted by atomic mass is 9.98. The molecular formula is C10H22N2O3S. The average Bonchev–Trinajstić information content (AvgIpc) is 3.00. The van der Waals surface area contributed by atoms with Crippen LogP contribution in [0.25, 0.3) is 0 Å². The number of nitrogens with two attached hydrogens (primary N) is 1. The van der Waals surface area contributed by atoms with Crippen LogP contribution in [0.3, 0.4) is 0 Å². The van der Waals surface area contributed by atoms with Crippen LogP contribution in [0, 0.1) is 5.92 Å². The molecule has 1 unspecified atom stereocenters. The van der Waals surface area contributed by atoms with Crippen molar-refractivity contribution in [3.63, 3.8) is 0 Å². The van der Waals surface area contributed by atoms with Crippen LogP contribution in [-0.4, -0.2) is 39.5 Å². The van der Waals surface area contributed by atoms with E-state index in [1.54, 1.807) is 0 Å². The van der Waals surface area contributed by atoms with Crippen LogP contribution < -0.4 is 10.5 Å². The predicted molar refractivity (Wildman–Crippen MR) is 63.6 cm³/mol. The zero-order chi connectivity index (χ0) is 12.2. The van der Waals surface area contributed by atoms with E-state index >= 15 is 0 Å². The van der Waals surface area contributed by atoms with Gasteiger partial charge in [-0.3, -0.25) is 0 Å². The summed E-state index contributed by atoms with van der Waals surface area (Å²) in [5, 5.41) is 0. The lowest BCUT2D eigenvalue weighted by molar-refractivity contribution is 0.163. The third-order valence-corrected chi connectivity index (χ3v) is 4.47. The summed E-state index contributed by atoms with van der Waals surface area (Å²) in [5.41, 5.74) is 5.17. The maximum absolute atomic E-state index is 11.8. The highest BCUT2D eigenvalue weighted by atomic mass is 32.2. The van der Waals surface area contributed by atoms with E-state index in [-0.39, 0.29) is 12.4 Å². The zero-order valence-corrected chi connectivity index (χ0v) is 10.8. The second-order valence-electron chi connectivity index (χ2n) is 4.51. The van der Waals surface area contributed by atoms with E-state index in [1.807, 2.05) is 13.8 Å². The summed E-state index contributed by atoms with van der Waals surface area (Å²) in [4.78, 5) is 0. The van der Waals surface area contributed by atoms with Crippen molar-refractivity contribution in [1.29, 1.82) is 0 Å². The van der Waals surface area contributed by atoms with Crippen LogP contribution in [0.4, 0.5) is 0 Å². The van der Waals surface area contributed by atoms with E-state index in [0.717, 1.165) is 12.8 Å². The summed E-state index contributed by atoms with van der Waals surface area (Å²) < 4.78 is 31.3. The maximum Gasteiger partial charge on any atom is 0.214 e. The van der Waals surface area contributed by atoms with Gasteiger partial charge in [0.1, 0.15) is 0 Å². The second-order valence-corrected chi connectivity index (χ2v) is 6.36. The van der Waals surface area contributed by atoms with Gasteiger partial charge in [-0.2, -0.15) is 0 Å². The molecule has 1 aliphatic rings. The Labute approximate surface area is 97.8 Å². The van der Waals surface area contributed by atoms with Gasteiger partial charge in [0.25, 0.3) is 0 Å². The standard InChI is InChI=1S/C10H22N2O3S/c1-3-15-6-7-16(13,14)12-10(2,8-11)9-4-5-9/h9,12H,3-8,11H2,1-2H3. The average molecular weight is 250 g/mol. The van der Waals surface area contributed by atoms with Gasteiger partial charge in [0.15, 0.2) is 0 Å². The molecule has 3 N–H and O–H groups in total. The minimum Gasteiger partial charge on any atom is -0.381 e. The van der Waals surface area contributed by atoms with Crippen molar-refractivity contribution in [3.05, 3.63) is 0 Å². The van der Waals surface area contributed by atoms with E-state index in [9.17, 15) is 8.42 Å². The van der Waals surface area contributed by atoms with E-state index < -0.39 is 15.6 Å². The molecule has 0 saturated heterocycles. The first-order valence-corrected chi connectivity index (χ1v) is 7.38. The summed E-state index contributed by atoms with van der Waals surface area (Å²) in [6.45, 7) is 4.83. The minimum absolute atomic E-state index is 0.00312. The fourth-order valence-corrected chi connectivity index (χ4v) is 3.13. The van der Waals surface area contributed by atoms with Gasteiger partial charge < -0.3 is 10.5 Å². The third kappa shape index (κ3) is 4.01. The summed E-state index contributed by atoms with van der Waals surface area (Å²) in [5.74, 6) is 0.391. The summed E-state index contributed by atoms with van der Waals surface area (Å²) in [7, 11) is -3.28. The molecule has 0 aliphatic heterocycles. The first-order valence-electron chi connectivity index (χ1n) is 5.73. The van der Waals surface area contributed by atoms with Crippen molar-refractivity contribution in [2.45, 2.75) is 32.2 Å². The normalized spacial score (nSPS) is 20.7. The molecule has 0 aromatic rings. The molecule has 0 radical (unpaired) electrons. The van der Waals surface area contributed by atoms with Crippen molar-refractivity contribution >= 4 is 10.0 Å². The number of sulfonamides is 1. The number of nitrogens with one attached hydrogen (secondary N) is 1. The van der Waals surface area contributed by atoms with E-state index in [4.69, 9.17) is 10.5 Å². The molecule has 0 aromatic carbocycles. The Bertz CT molecular complexity index is 314. The molecule has 0 heterocycles. The highest BCUT2D eigenvalue weighted by molar-refractivity contribution is 7.89. The van der Waals surface area contributed by atoms with Crippen molar-refractivity contribution in [3.8, 4) is 0 Å². The van der Waals surface area contributed by atoms with E-state index in [0.29, 0.717) is 19.1 Å². The summed E-state index contributed by atoms with van der Waals surface area (Å²) in [6, 6.07) is 0. The molecule has 96 valence electrons. The van der Waals surface area contributed by atoms with Gasteiger partial charge in [-0.1, -0.05) is 0 Å². The molecular weight excluding hydrogens is 228 g/mol. The maximum atomic E-state index is 11.8. The van der Waals surface area contributed by atoms with Crippen LogP contribution in [0.15, 0.2) is 0 Å². The monoisotopic (exact) mass is 250 g/mol. The first kappa shape index (κ1) is 13.9. The topological polar surface area (TPSA) is 81.4 Å². The first-order chi connectivity index (χ1) is 7.43. The lowest BCUT2D eigenvalue weighted by Crippen LogP contribution is -2.53. The SMILES string of the molecule is CCOCCS(=O)(=O)NC(C)(CN)C1CC1. The molecule has 1 atom stereocenters. The highest BCUT2D eigenvalue weighted by Gasteiger charge is 2.42. The predicted octanol–water partition coefficient (Wildman–Crippen LogP) is 0.0697. The number of rotatable bonds is 8. The molecule has 0 amide bonds. The number of hydrogen-bond donors (Lipinski definition) is 2. The van der Waals surface area contributed by atoms with Crippen molar-refractivity contribution in [2.75, 3.05) is 25.5 Å². The molecule has 1 fully saturated rings. The fourth-order valence-electron chi connectivity index (χ4n) is 1.73. The molecule has 5 nitrogen and oxygen atoms in total. The molecule has 1 aliphatic carbocycles. The van der Waals surface area contributed by atoms with E-state index in [1.165, 1.54) is 0 Å². The van der Waals surface area contributed by atoms with Crippen molar-refractivity contribution in [2.24, 2.45) is 11.7 Å².